The van der Waals surface area contributed by atoms with Gasteiger partial charge in [0.25, 0.3) is 0 Å². The van der Waals surface area contributed by atoms with Gasteiger partial charge in [0.1, 0.15) is 17.8 Å². The first kappa shape index (κ1) is 12.8. The molecule has 2 aromatic rings. The van der Waals surface area contributed by atoms with E-state index in [1.807, 2.05) is 12.1 Å². The molecule has 0 bridgehead atoms. The van der Waals surface area contributed by atoms with E-state index in [1.54, 1.807) is 31.2 Å². The molecule has 0 fully saturated rings. The predicted octanol–water partition coefficient (Wildman–Crippen LogP) is 2.93. The van der Waals surface area contributed by atoms with Crippen LogP contribution in [0.15, 0.2) is 24.3 Å². The molecule has 0 atom stereocenters. The number of aryl methyl sites for hydroxylation is 1. The molecule has 1 heterocycles. The van der Waals surface area contributed by atoms with Crippen molar-refractivity contribution in [3.8, 4) is 12.1 Å². The van der Waals surface area contributed by atoms with Crippen LogP contribution >= 0.6 is 11.6 Å². The molecule has 1 N–H and O–H groups in total. The number of nitriles is 2. The van der Waals surface area contributed by atoms with Gasteiger partial charge >= 0.3 is 0 Å². The molecule has 92 valence electrons. The van der Waals surface area contributed by atoms with Crippen LogP contribution in [0.5, 0.6) is 0 Å². The quantitative estimate of drug-likeness (QED) is 0.906. The molecule has 0 saturated carbocycles. The van der Waals surface area contributed by atoms with E-state index >= 15 is 0 Å². The van der Waals surface area contributed by atoms with E-state index in [0.29, 0.717) is 27.9 Å². The Labute approximate surface area is 115 Å². The van der Waals surface area contributed by atoms with Crippen molar-refractivity contribution in [3.05, 3.63) is 46.2 Å². The lowest BCUT2D eigenvalue weighted by Crippen LogP contribution is -2.00. The van der Waals surface area contributed by atoms with Crippen LogP contribution in [0, 0.1) is 29.6 Å². The maximum Gasteiger partial charge on any atom is 0.228 e. The molecule has 0 radical (unpaired) electrons. The third kappa shape index (κ3) is 2.98. The largest absolute Gasteiger partial charge is 0.324 e. The summed E-state index contributed by atoms with van der Waals surface area (Å²) in [6.07, 6.45) is 0. The number of aromatic nitrogens is 2. The zero-order valence-electron chi connectivity index (χ0n) is 9.98. The molecule has 0 spiro atoms. The minimum atomic E-state index is 0.287. The highest BCUT2D eigenvalue weighted by Gasteiger charge is 2.05. The lowest BCUT2D eigenvalue weighted by Gasteiger charge is -2.06. The monoisotopic (exact) mass is 269 g/mol. The second kappa shape index (κ2) is 5.34. The summed E-state index contributed by atoms with van der Waals surface area (Å²) in [6, 6.07) is 10.4. The third-order valence-electron chi connectivity index (χ3n) is 2.31. The van der Waals surface area contributed by atoms with Gasteiger partial charge in [-0.15, -0.1) is 0 Å². The molecular weight excluding hydrogens is 262 g/mol. The van der Waals surface area contributed by atoms with Crippen molar-refractivity contribution in [3.63, 3.8) is 0 Å². The molecular formula is C13H8ClN5. The summed E-state index contributed by atoms with van der Waals surface area (Å²) >= 11 is 5.93. The molecule has 0 aliphatic heterocycles. The standard InChI is InChI=1S/C13H8ClN5/c1-8-4-11(7-16)19-13(17-8)18-10-3-2-9(6-15)12(14)5-10/h2-5H,1H3,(H,17,18,19). The van der Waals surface area contributed by atoms with E-state index in [0.717, 1.165) is 0 Å². The highest BCUT2D eigenvalue weighted by molar-refractivity contribution is 6.32. The van der Waals surface area contributed by atoms with Gasteiger partial charge in [-0.1, -0.05) is 11.6 Å². The van der Waals surface area contributed by atoms with Crippen molar-refractivity contribution in [2.45, 2.75) is 6.92 Å². The highest BCUT2D eigenvalue weighted by atomic mass is 35.5. The Morgan fingerprint density at radius 3 is 2.58 bits per heavy atom. The van der Waals surface area contributed by atoms with Crippen molar-refractivity contribution in [2.75, 3.05) is 5.32 Å². The summed E-state index contributed by atoms with van der Waals surface area (Å²) in [6.45, 7) is 1.78. The average molecular weight is 270 g/mol. The number of halogens is 1. The summed E-state index contributed by atoms with van der Waals surface area (Å²) in [5.41, 5.74) is 2.03. The number of rotatable bonds is 2. The van der Waals surface area contributed by atoms with Gasteiger partial charge in [-0.2, -0.15) is 10.5 Å². The van der Waals surface area contributed by atoms with Gasteiger partial charge in [0.05, 0.1) is 10.6 Å². The number of benzene rings is 1. The summed E-state index contributed by atoms with van der Waals surface area (Å²) in [4.78, 5) is 8.20. The van der Waals surface area contributed by atoms with Gasteiger partial charge in [-0.05, 0) is 31.2 Å². The second-order valence-corrected chi connectivity index (χ2v) is 4.17. The number of anilines is 2. The Kier molecular flexibility index (Phi) is 3.61. The first-order valence-corrected chi connectivity index (χ1v) is 5.72. The van der Waals surface area contributed by atoms with E-state index in [1.165, 1.54) is 0 Å². The van der Waals surface area contributed by atoms with E-state index < -0.39 is 0 Å². The molecule has 19 heavy (non-hydrogen) atoms. The fourth-order valence-corrected chi connectivity index (χ4v) is 1.72. The predicted molar refractivity (Wildman–Crippen MR) is 70.9 cm³/mol. The molecule has 2 rings (SSSR count). The summed E-state index contributed by atoms with van der Waals surface area (Å²) in [5.74, 6) is 0.317. The molecule has 0 aliphatic rings. The van der Waals surface area contributed by atoms with Gasteiger partial charge in [0.2, 0.25) is 5.95 Å². The van der Waals surface area contributed by atoms with Crippen LogP contribution < -0.4 is 5.32 Å². The zero-order chi connectivity index (χ0) is 13.8. The average Bonchev–Trinajstić information content (AvgIpc) is 2.38. The molecule has 1 aromatic heterocycles. The fraction of sp³-hybridized carbons (Fsp3) is 0.0769. The number of nitrogens with zero attached hydrogens (tertiary/aromatic N) is 4. The first-order chi connectivity index (χ1) is 9.12. The van der Waals surface area contributed by atoms with Gasteiger partial charge < -0.3 is 5.32 Å². The Morgan fingerprint density at radius 2 is 1.95 bits per heavy atom. The third-order valence-corrected chi connectivity index (χ3v) is 2.63. The maximum absolute atomic E-state index is 8.84. The van der Waals surface area contributed by atoms with Crippen molar-refractivity contribution in [1.82, 2.24) is 9.97 Å². The van der Waals surface area contributed by atoms with Crippen LogP contribution in [-0.4, -0.2) is 9.97 Å². The minimum Gasteiger partial charge on any atom is -0.324 e. The molecule has 1 aromatic carbocycles. The van der Waals surface area contributed by atoms with Gasteiger partial charge in [-0.3, -0.25) is 0 Å². The lowest BCUT2D eigenvalue weighted by molar-refractivity contribution is 1.09. The Balaban J connectivity index is 2.32. The van der Waals surface area contributed by atoms with E-state index in [9.17, 15) is 0 Å². The highest BCUT2D eigenvalue weighted by Crippen LogP contribution is 2.22. The van der Waals surface area contributed by atoms with Gasteiger partial charge in [0.15, 0.2) is 0 Å². The van der Waals surface area contributed by atoms with Gasteiger partial charge in [-0.25, -0.2) is 9.97 Å². The summed E-state index contributed by atoms with van der Waals surface area (Å²) < 4.78 is 0. The molecule has 0 aliphatic carbocycles. The normalized spacial score (nSPS) is 9.47. The topological polar surface area (TPSA) is 85.4 Å². The van der Waals surface area contributed by atoms with Crippen molar-refractivity contribution in [1.29, 1.82) is 10.5 Å². The fourth-order valence-electron chi connectivity index (χ4n) is 1.49. The smallest absolute Gasteiger partial charge is 0.228 e. The van der Waals surface area contributed by atoms with Crippen LogP contribution in [0.1, 0.15) is 17.0 Å². The van der Waals surface area contributed by atoms with Crippen LogP contribution in [-0.2, 0) is 0 Å². The first-order valence-electron chi connectivity index (χ1n) is 5.35. The van der Waals surface area contributed by atoms with E-state index in [-0.39, 0.29) is 5.69 Å². The summed E-state index contributed by atoms with van der Waals surface area (Å²) in [7, 11) is 0. The lowest BCUT2D eigenvalue weighted by atomic mass is 10.2. The number of hydrogen-bond acceptors (Lipinski definition) is 5. The Bertz CT molecular complexity index is 712. The molecule has 0 saturated heterocycles. The molecule has 0 amide bonds. The SMILES string of the molecule is Cc1cc(C#N)nc(Nc2ccc(C#N)c(Cl)c2)n1. The molecule has 5 nitrogen and oxygen atoms in total. The summed E-state index contributed by atoms with van der Waals surface area (Å²) in [5, 5.41) is 20.9. The van der Waals surface area contributed by atoms with Crippen molar-refractivity contribution < 1.29 is 0 Å². The second-order valence-electron chi connectivity index (χ2n) is 3.76. The van der Waals surface area contributed by atoms with Crippen LogP contribution in [0.2, 0.25) is 5.02 Å². The zero-order valence-corrected chi connectivity index (χ0v) is 10.7. The van der Waals surface area contributed by atoms with Gasteiger partial charge in [0, 0.05) is 11.4 Å². The van der Waals surface area contributed by atoms with Crippen molar-refractivity contribution in [2.24, 2.45) is 0 Å². The minimum absolute atomic E-state index is 0.287. The molecule has 6 heteroatoms. The Morgan fingerprint density at radius 1 is 1.16 bits per heavy atom. The Hall–Kier alpha value is -2.63. The van der Waals surface area contributed by atoms with Crippen molar-refractivity contribution >= 4 is 23.2 Å². The maximum atomic E-state index is 8.84. The number of hydrogen-bond donors (Lipinski definition) is 1. The van der Waals surface area contributed by atoms with E-state index in [2.05, 4.69) is 15.3 Å². The van der Waals surface area contributed by atoms with Crippen LogP contribution in [0.25, 0.3) is 0 Å². The van der Waals surface area contributed by atoms with Crippen LogP contribution in [0.4, 0.5) is 11.6 Å². The molecule has 0 unspecified atom stereocenters. The van der Waals surface area contributed by atoms with Crippen LogP contribution in [0.3, 0.4) is 0 Å². The van der Waals surface area contributed by atoms with E-state index in [4.69, 9.17) is 22.1 Å². The number of nitrogens with one attached hydrogen (secondary N) is 1.